The highest BCUT2D eigenvalue weighted by atomic mass is 19.1. The second kappa shape index (κ2) is 7.23. The number of aliphatic hydroxyl groups excluding tert-OH is 1. The molecule has 2 aromatic rings. The van der Waals surface area contributed by atoms with Gasteiger partial charge in [0.2, 0.25) is 5.91 Å². The van der Waals surface area contributed by atoms with Crippen LogP contribution in [-0.2, 0) is 11.2 Å². The Morgan fingerprint density at radius 2 is 1.43 bits per heavy atom. The topological polar surface area (TPSA) is 49.3 Å². The second-order valence-corrected chi connectivity index (χ2v) is 4.83. The minimum atomic E-state index is -1.62. The van der Waals surface area contributed by atoms with E-state index in [1.165, 1.54) is 0 Å². The Hall–Kier alpha value is -2.41. The molecule has 2 rings (SSSR count). The highest BCUT2D eigenvalue weighted by molar-refractivity contribution is 5.78. The Kier molecular flexibility index (Phi) is 5.33. The number of halogens is 4. The molecule has 7 heteroatoms. The summed E-state index contributed by atoms with van der Waals surface area (Å²) in [6.07, 6.45) is -2.21. The largest absolute Gasteiger partial charge is 0.386 e. The van der Waals surface area contributed by atoms with Gasteiger partial charge in [0.25, 0.3) is 0 Å². The van der Waals surface area contributed by atoms with E-state index < -0.39 is 59.4 Å². The van der Waals surface area contributed by atoms with Gasteiger partial charge in [-0.2, -0.15) is 0 Å². The highest BCUT2D eigenvalue weighted by Gasteiger charge is 2.19. The number of carbonyl (C=O) groups excluding carboxylic acids is 1. The van der Waals surface area contributed by atoms with Crippen molar-refractivity contribution in [2.24, 2.45) is 0 Å². The van der Waals surface area contributed by atoms with Gasteiger partial charge in [-0.15, -0.1) is 0 Å². The van der Waals surface area contributed by atoms with Crippen LogP contribution in [0, 0.1) is 23.3 Å². The van der Waals surface area contributed by atoms with Crippen molar-refractivity contribution in [1.82, 2.24) is 5.32 Å². The summed E-state index contributed by atoms with van der Waals surface area (Å²) in [6, 6.07) is 6.26. The zero-order valence-electron chi connectivity index (χ0n) is 11.8. The molecule has 122 valence electrons. The molecule has 0 aliphatic carbocycles. The van der Waals surface area contributed by atoms with Gasteiger partial charge in [-0.3, -0.25) is 4.79 Å². The van der Waals surface area contributed by atoms with Gasteiger partial charge in [-0.25, -0.2) is 17.6 Å². The number of rotatable bonds is 5. The summed E-state index contributed by atoms with van der Waals surface area (Å²) in [7, 11) is 0. The average molecular weight is 327 g/mol. The van der Waals surface area contributed by atoms with Crippen LogP contribution in [-0.4, -0.2) is 17.6 Å². The number of benzene rings is 2. The van der Waals surface area contributed by atoms with Crippen molar-refractivity contribution in [3.8, 4) is 0 Å². The summed E-state index contributed by atoms with van der Waals surface area (Å²) in [5, 5.41) is 11.9. The second-order valence-electron chi connectivity index (χ2n) is 4.83. The molecule has 0 aromatic heterocycles. The van der Waals surface area contributed by atoms with Crippen LogP contribution in [0.25, 0.3) is 0 Å². The predicted octanol–water partition coefficient (Wildman–Crippen LogP) is 2.64. The first-order valence-electron chi connectivity index (χ1n) is 6.71. The van der Waals surface area contributed by atoms with Crippen LogP contribution in [0.3, 0.4) is 0 Å². The van der Waals surface area contributed by atoms with Crippen molar-refractivity contribution in [1.29, 1.82) is 0 Å². The number of hydrogen-bond acceptors (Lipinski definition) is 2. The first-order valence-corrected chi connectivity index (χ1v) is 6.71. The zero-order valence-corrected chi connectivity index (χ0v) is 11.8. The van der Waals surface area contributed by atoms with Crippen molar-refractivity contribution in [2.75, 3.05) is 6.54 Å². The van der Waals surface area contributed by atoms with Crippen molar-refractivity contribution >= 4 is 5.91 Å². The zero-order chi connectivity index (χ0) is 17.0. The molecule has 0 saturated carbocycles. The van der Waals surface area contributed by atoms with Gasteiger partial charge in [0.15, 0.2) is 0 Å². The number of amides is 1. The number of aliphatic hydroxyl groups is 1. The summed E-state index contributed by atoms with van der Waals surface area (Å²) in [4.78, 5) is 11.7. The molecule has 0 aliphatic rings. The molecular formula is C16H13F4NO2. The molecule has 3 nitrogen and oxygen atoms in total. The third-order valence-electron chi connectivity index (χ3n) is 3.22. The fourth-order valence-corrected chi connectivity index (χ4v) is 2.07. The number of carbonyl (C=O) groups is 1. The van der Waals surface area contributed by atoms with E-state index in [1.54, 1.807) is 0 Å². The van der Waals surface area contributed by atoms with Crippen molar-refractivity contribution in [3.63, 3.8) is 0 Å². The SMILES string of the molecule is O=C(Cc1c(F)cccc1F)NCC(O)c1c(F)cccc1F. The van der Waals surface area contributed by atoms with Crippen molar-refractivity contribution < 1.29 is 27.5 Å². The monoisotopic (exact) mass is 327 g/mol. The van der Waals surface area contributed by atoms with Gasteiger partial charge in [-0.05, 0) is 24.3 Å². The molecule has 0 saturated heterocycles. The molecule has 1 unspecified atom stereocenters. The molecule has 0 bridgehead atoms. The summed E-state index contributed by atoms with van der Waals surface area (Å²) >= 11 is 0. The Labute approximate surface area is 129 Å². The Balaban J connectivity index is 1.99. The molecule has 0 fully saturated rings. The van der Waals surface area contributed by atoms with Crippen LogP contribution in [0.4, 0.5) is 17.6 Å². The molecule has 0 radical (unpaired) electrons. The Bertz CT molecular complexity index is 681. The smallest absolute Gasteiger partial charge is 0.224 e. The van der Waals surface area contributed by atoms with E-state index in [0.29, 0.717) is 0 Å². The van der Waals surface area contributed by atoms with Gasteiger partial charge >= 0.3 is 0 Å². The van der Waals surface area contributed by atoms with E-state index >= 15 is 0 Å². The van der Waals surface area contributed by atoms with Crippen LogP contribution < -0.4 is 5.32 Å². The molecule has 2 N–H and O–H groups in total. The lowest BCUT2D eigenvalue weighted by atomic mass is 10.1. The molecule has 0 spiro atoms. The molecule has 1 amide bonds. The highest BCUT2D eigenvalue weighted by Crippen LogP contribution is 2.20. The minimum Gasteiger partial charge on any atom is -0.386 e. The fraction of sp³-hybridized carbons (Fsp3) is 0.188. The van der Waals surface area contributed by atoms with E-state index in [0.717, 1.165) is 36.4 Å². The van der Waals surface area contributed by atoms with E-state index in [-0.39, 0.29) is 0 Å². The maximum atomic E-state index is 13.5. The molecule has 1 atom stereocenters. The van der Waals surface area contributed by atoms with Crippen LogP contribution in [0.2, 0.25) is 0 Å². The molecule has 0 aliphatic heterocycles. The molecule has 2 aromatic carbocycles. The third kappa shape index (κ3) is 4.07. The number of hydrogen-bond donors (Lipinski definition) is 2. The van der Waals surface area contributed by atoms with E-state index in [4.69, 9.17) is 0 Å². The van der Waals surface area contributed by atoms with Gasteiger partial charge in [-0.1, -0.05) is 12.1 Å². The van der Waals surface area contributed by atoms with E-state index in [1.807, 2.05) is 0 Å². The lowest BCUT2D eigenvalue weighted by Crippen LogP contribution is -2.30. The Morgan fingerprint density at radius 1 is 0.957 bits per heavy atom. The maximum absolute atomic E-state index is 13.5. The number of nitrogens with one attached hydrogen (secondary N) is 1. The summed E-state index contributed by atoms with van der Waals surface area (Å²) < 4.78 is 53.8. The molecule has 23 heavy (non-hydrogen) atoms. The van der Waals surface area contributed by atoms with Gasteiger partial charge in [0.05, 0.1) is 12.0 Å². The normalized spacial score (nSPS) is 12.0. The average Bonchev–Trinajstić information content (AvgIpc) is 2.49. The van der Waals surface area contributed by atoms with Crippen LogP contribution in [0.1, 0.15) is 17.2 Å². The predicted molar refractivity (Wildman–Crippen MR) is 74.4 cm³/mol. The maximum Gasteiger partial charge on any atom is 0.224 e. The van der Waals surface area contributed by atoms with Gasteiger partial charge < -0.3 is 10.4 Å². The summed E-state index contributed by atoms with van der Waals surface area (Å²) in [6.45, 7) is -0.493. The van der Waals surface area contributed by atoms with Crippen LogP contribution in [0.5, 0.6) is 0 Å². The first kappa shape index (κ1) is 17.0. The van der Waals surface area contributed by atoms with Crippen LogP contribution >= 0.6 is 0 Å². The van der Waals surface area contributed by atoms with Gasteiger partial charge in [0.1, 0.15) is 29.4 Å². The standard InChI is InChI=1S/C16H13F4NO2/c17-10-3-1-4-11(18)9(10)7-15(23)21-8-14(22)16-12(19)5-2-6-13(16)20/h1-6,14,22H,7-8H2,(H,21,23). The van der Waals surface area contributed by atoms with Crippen molar-refractivity contribution in [3.05, 3.63) is 70.8 Å². The molecular weight excluding hydrogens is 314 g/mol. The van der Waals surface area contributed by atoms with E-state index in [9.17, 15) is 27.5 Å². The van der Waals surface area contributed by atoms with E-state index in [2.05, 4.69) is 5.32 Å². The quantitative estimate of drug-likeness (QED) is 0.830. The lowest BCUT2D eigenvalue weighted by Gasteiger charge is -2.14. The summed E-state index contributed by atoms with van der Waals surface area (Å²) in [5.41, 5.74) is -0.999. The van der Waals surface area contributed by atoms with Gasteiger partial charge in [0, 0.05) is 12.1 Å². The lowest BCUT2D eigenvalue weighted by molar-refractivity contribution is -0.121. The summed E-state index contributed by atoms with van der Waals surface area (Å²) in [5.74, 6) is -4.44. The molecule has 0 heterocycles. The third-order valence-corrected chi connectivity index (χ3v) is 3.22. The minimum absolute atomic E-state index is 0.420. The van der Waals surface area contributed by atoms with Crippen molar-refractivity contribution in [2.45, 2.75) is 12.5 Å². The first-order chi connectivity index (χ1) is 10.9. The van der Waals surface area contributed by atoms with Crippen LogP contribution in [0.15, 0.2) is 36.4 Å². The fourth-order valence-electron chi connectivity index (χ4n) is 2.07. The Morgan fingerprint density at radius 3 is 1.96 bits per heavy atom.